The molecular formula is C13H13N5O. The maximum absolute atomic E-state index is 11.5. The zero-order valence-electron chi connectivity index (χ0n) is 10.7. The first-order valence-electron chi connectivity index (χ1n) is 5.66. The van der Waals surface area contributed by atoms with Crippen molar-refractivity contribution in [3.8, 4) is 11.4 Å². The van der Waals surface area contributed by atoms with Crippen LogP contribution < -0.4 is 5.32 Å². The molecule has 96 valence electrons. The van der Waals surface area contributed by atoms with Crippen LogP contribution in [0.3, 0.4) is 0 Å². The monoisotopic (exact) mass is 255 g/mol. The van der Waals surface area contributed by atoms with Crippen molar-refractivity contribution in [1.29, 1.82) is 0 Å². The van der Waals surface area contributed by atoms with Gasteiger partial charge in [0.2, 0.25) is 5.95 Å². The first kappa shape index (κ1) is 12.8. The van der Waals surface area contributed by atoms with E-state index in [1.165, 1.54) is 0 Å². The third kappa shape index (κ3) is 3.19. The smallest absolute Gasteiger partial charge is 0.253 e. The van der Waals surface area contributed by atoms with Gasteiger partial charge in [0, 0.05) is 23.5 Å². The molecule has 0 atom stereocenters. The standard InChI is InChI=1S/C13H13N5O/c1-8(2)12(19)18-13-16-9(3)15-11(17-13)10-5-4-6-14-7-10/h4-7H,1H2,2-3H3,(H,15,16,17,18,19). The predicted octanol–water partition coefficient (Wildman–Crippen LogP) is 1.76. The highest BCUT2D eigenvalue weighted by Gasteiger charge is 2.09. The molecule has 0 unspecified atom stereocenters. The highest BCUT2D eigenvalue weighted by molar-refractivity contribution is 6.01. The van der Waals surface area contributed by atoms with Gasteiger partial charge in [-0.25, -0.2) is 4.98 Å². The number of hydrogen-bond donors (Lipinski definition) is 1. The van der Waals surface area contributed by atoms with Gasteiger partial charge < -0.3 is 0 Å². The van der Waals surface area contributed by atoms with Gasteiger partial charge in [0.1, 0.15) is 5.82 Å². The molecule has 1 N–H and O–H groups in total. The fraction of sp³-hybridized carbons (Fsp3) is 0.154. The third-order valence-electron chi connectivity index (χ3n) is 2.28. The number of nitrogens with one attached hydrogen (secondary N) is 1. The van der Waals surface area contributed by atoms with Gasteiger partial charge in [-0.1, -0.05) is 6.58 Å². The lowest BCUT2D eigenvalue weighted by atomic mass is 10.3. The van der Waals surface area contributed by atoms with E-state index in [-0.39, 0.29) is 11.9 Å². The van der Waals surface area contributed by atoms with Gasteiger partial charge in [0.25, 0.3) is 5.91 Å². The third-order valence-corrected chi connectivity index (χ3v) is 2.28. The van der Waals surface area contributed by atoms with Crippen molar-refractivity contribution in [2.75, 3.05) is 5.32 Å². The number of rotatable bonds is 3. The van der Waals surface area contributed by atoms with Crippen molar-refractivity contribution in [1.82, 2.24) is 19.9 Å². The normalized spacial score (nSPS) is 10.0. The number of pyridine rings is 1. The number of carbonyl (C=O) groups is 1. The fourth-order valence-electron chi connectivity index (χ4n) is 1.37. The molecule has 1 amide bonds. The van der Waals surface area contributed by atoms with Gasteiger partial charge in [0.05, 0.1) is 0 Å². The summed E-state index contributed by atoms with van der Waals surface area (Å²) in [6.45, 7) is 6.91. The van der Waals surface area contributed by atoms with Crippen LogP contribution in [0.15, 0.2) is 36.7 Å². The molecule has 2 rings (SSSR count). The molecule has 0 saturated carbocycles. The van der Waals surface area contributed by atoms with Gasteiger partial charge in [-0.3, -0.25) is 15.1 Å². The average molecular weight is 255 g/mol. The Morgan fingerprint density at radius 1 is 1.32 bits per heavy atom. The summed E-state index contributed by atoms with van der Waals surface area (Å²) in [6.07, 6.45) is 3.32. The Kier molecular flexibility index (Phi) is 3.61. The zero-order chi connectivity index (χ0) is 13.8. The Balaban J connectivity index is 2.35. The Morgan fingerprint density at radius 3 is 2.74 bits per heavy atom. The second-order valence-electron chi connectivity index (χ2n) is 4.01. The lowest BCUT2D eigenvalue weighted by Gasteiger charge is -2.06. The molecule has 0 aliphatic rings. The maximum atomic E-state index is 11.5. The molecule has 0 aliphatic carbocycles. The van der Waals surface area contributed by atoms with Crippen molar-refractivity contribution in [2.24, 2.45) is 0 Å². The Hall–Kier alpha value is -2.63. The van der Waals surface area contributed by atoms with E-state index in [1.54, 1.807) is 32.3 Å². The van der Waals surface area contributed by atoms with Gasteiger partial charge in [-0.15, -0.1) is 0 Å². The summed E-state index contributed by atoms with van der Waals surface area (Å²) >= 11 is 0. The van der Waals surface area contributed by atoms with Crippen LogP contribution >= 0.6 is 0 Å². The molecule has 0 radical (unpaired) electrons. The van der Waals surface area contributed by atoms with Crippen LogP contribution in [0.25, 0.3) is 11.4 Å². The Labute approximate surface area is 110 Å². The maximum Gasteiger partial charge on any atom is 0.253 e. The number of carbonyl (C=O) groups excluding carboxylic acids is 1. The van der Waals surface area contributed by atoms with Crippen LogP contribution in [0.4, 0.5) is 5.95 Å². The number of hydrogen-bond acceptors (Lipinski definition) is 5. The van der Waals surface area contributed by atoms with Crippen LogP contribution in [-0.2, 0) is 4.79 Å². The first-order chi connectivity index (χ1) is 9.06. The van der Waals surface area contributed by atoms with E-state index < -0.39 is 0 Å². The molecular weight excluding hydrogens is 242 g/mol. The minimum Gasteiger partial charge on any atom is -0.291 e. The summed E-state index contributed by atoms with van der Waals surface area (Å²) in [6, 6.07) is 3.63. The van der Waals surface area contributed by atoms with Crippen LogP contribution in [0.1, 0.15) is 12.7 Å². The van der Waals surface area contributed by atoms with Gasteiger partial charge in [-0.2, -0.15) is 9.97 Å². The molecule has 6 nitrogen and oxygen atoms in total. The summed E-state index contributed by atoms with van der Waals surface area (Å²) in [4.78, 5) is 28.0. The van der Waals surface area contributed by atoms with Crippen molar-refractivity contribution < 1.29 is 4.79 Å². The second kappa shape index (κ2) is 5.34. The van der Waals surface area contributed by atoms with E-state index in [4.69, 9.17) is 0 Å². The van der Waals surface area contributed by atoms with Crippen LogP contribution in [0.2, 0.25) is 0 Å². The molecule has 19 heavy (non-hydrogen) atoms. The van der Waals surface area contributed by atoms with E-state index in [0.29, 0.717) is 17.2 Å². The summed E-state index contributed by atoms with van der Waals surface area (Å²) in [5.41, 5.74) is 1.15. The molecule has 0 saturated heterocycles. The predicted molar refractivity (Wildman–Crippen MR) is 71.2 cm³/mol. The van der Waals surface area contributed by atoms with Crippen molar-refractivity contribution in [2.45, 2.75) is 13.8 Å². The Bertz CT molecular complexity index is 624. The van der Waals surface area contributed by atoms with E-state index in [9.17, 15) is 4.79 Å². The van der Waals surface area contributed by atoms with Crippen molar-refractivity contribution in [3.05, 3.63) is 42.5 Å². The average Bonchev–Trinajstić information content (AvgIpc) is 2.39. The van der Waals surface area contributed by atoms with E-state index in [1.807, 2.05) is 6.07 Å². The van der Waals surface area contributed by atoms with Crippen molar-refractivity contribution >= 4 is 11.9 Å². The summed E-state index contributed by atoms with van der Waals surface area (Å²) in [5.74, 6) is 0.880. The number of nitrogens with zero attached hydrogens (tertiary/aromatic N) is 4. The SMILES string of the molecule is C=C(C)C(=O)Nc1nc(C)nc(-c2cccnc2)n1. The molecule has 0 aromatic carbocycles. The number of amides is 1. The molecule has 0 spiro atoms. The first-order valence-corrected chi connectivity index (χ1v) is 5.66. The van der Waals surface area contributed by atoms with Gasteiger partial charge >= 0.3 is 0 Å². The van der Waals surface area contributed by atoms with Crippen LogP contribution in [0.5, 0.6) is 0 Å². The lowest BCUT2D eigenvalue weighted by molar-refractivity contribution is -0.112. The molecule has 0 fully saturated rings. The summed E-state index contributed by atoms with van der Waals surface area (Å²) in [5, 5.41) is 2.57. The van der Waals surface area contributed by atoms with E-state index in [2.05, 4.69) is 31.8 Å². The van der Waals surface area contributed by atoms with E-state index in [0.717, 1.165) is 5.56 Å². The molecule has 0 aliphatic heterocycles. The minimum absolute atomic E-state index is 0.208. The van der Waals surface area contributed by atoms with Crippen LogP contribution in [-0.4, -0.2) is 25.8 Å². The van der Waals surface area contributed by atoms with Gasteiger partial charge in [-0.05, 0) is 26.0 Å². The fourth-order valence-corrected chi connectivity index (χ4v) is 1.37. The molecule has 2 aromatic rings. The summed E-state index contributed by atoms with van der Waals surface area (Å²) < 4.78 is 0. The van der Waals surface area contributed by atoms with Crippen LogP contribution in [0, 0.1) is 6.92 Å². The largest absolute Gasteiger partial charge is 0.291 e. The molecule has 2 heterocycles. The second-order valence-corrected chi connectivity index (χ2v) is 4.01. The molecule has 6 heteroatoms. The minimum atomic E-state index is -0.317. The molecule has 0 bridgehead atoms. The Morgan fingerprint density at radius 2 is 2.11 bits per heavy atom. The van der Waals surface area contributed by atoms with Crippen molar-refractivity contribution in [3.63, 3.8) is 0 Å². The highest BCUT2D eigenvalue weighted by atomic mass is 16.1. The molecule has 2 aromatic heterocycles. The van der Waals surface area contributed by atoms with E-state index >= 15 is 0 Å². The highest BCUT2D eigenvalue weighted by Crippen LogP contribution is 2.14. The lowest BCUT2D eigenvalue weighted by Crippen LogP contribution is -2.15. The topological polar surface area (TPSA) is 80.7 Å². The number of aromatic nitrogens is 4. The number of aryl methyl sites for hydroxylation is 1. The summed E-state index contributed by atoms with van der Waals surface area (Å²) in [7, 11) is 0. The quantitative estimate of drug-likeness (QED) is 0.845. The van der Waals surface area contributed by atoms with Gasteiger partial charge in [0.15, 0.2) is 5.82 Å². The zero-order valence-corrected chi connectivity index (χ0v) is 10.7. The number of anilines is 1.